The van der Waals surface area contributed by atoms with Gasteiger partial charge in [-0.3, -0.25) is 0 Å². The zero-order valence-corrected chi connectivity index (χ0v) is 7.96. The van der Waals surface area contributed by atoms with Gasteiger partial charge >= 0.3 is 0 Å². The minimum Gasteiger partial charge on any atom is -0.391 e. The Morgan fingerprint density at radius 2 is 1.83 bits per heavy atom. The van der Waals surface area contributed by atoms with E-state index in [9.17, 15) is 5.11 Å². The highest BCUT2D eigenvalue weighted by atomic mass is 16.5. The van der Waals surface area contributed by atoms with E-state index in [2.05, 4.69) is 6.92 Å². The first-order valence-electron chi connectivity index (χ1n) is 5.05. The number of hydrogen-bond donors (Lipinski definition) is 1. The summed E-state index contributed by atoms with van der Waals surface area (Å²) in [5.74, 6) is 0.662. The van der Waals surface area contributed by atoms with Crippen molar-refractivity contribution in [3.05, 3.63) is 0 Å². The second kappa shape index (κ2) is 5.55. The molecule has 0 aromatic rings. The lowest BCUT2D eigenvalue weighted by atomic mass is 10.0. The van der Waals surface area contributed by atoms with Crippen molar-refractivity contribution in [3.8, 4) is 0 Å². The summed E-state index contributed by atoms with van der Waals surface area (Å²) in [5.41, 5.74) is 0. The summed E-state index contributed by atoms with van der Waals surface area (Å²) < 4.78 is 5.38. The zero-order valence-electron chi connectivity index (χ0n) is 7.96. The van der Waals surface area contributed by atoms with E-state index >= 15 is 0 Å². The van der Waals surface area contributed by atoms with Crippen molar-refractivity contribution in [2.24, 2.45) is 5.92 Å². The molecule has 2 nitrogen and oxygen atoms in total. The predicted octanol–water partition coefficient (Wildman–Crippen LogP) is 1.96. The van der Waals surface area contributed by atoms with Crippen LogP contribution in [-0.4, -0.2) is 24.4 Å². The molecule has 0 spiro atoms. The third-order valence-corrected chi connectivity index (χ3v) is 2.45. The van der Waals surface area contributed by atoms with Crippen molar-refractivity contribution in [1.82, 2.24) is 0 Å². The standard InChI is InChI=1S/C10H20O2/c1-9-5-3-2-4-6-10(11)8-12-7-9/h9-11H,2-8H2,1H3. The van der Waals surface area contributed by atoms with E-state index in [1.807, 2.05) is 0 Å². The highest BCUT2D eigenvalue weighted by Crippen LogP contribution is 2.14. The van der Waals surface area contributed by atoms with Crippen molar-refractivity contribution >= 4 is 0 Å². The fourth-order valence-corrected chi connectivity index (χ4v) is 1.62. The fourth-order valence-electron chi connectivity index (χ4n) is 1.62. The summed E-state index contributed by atoms with van der Waals surface area (Å²) in [4.78, 5) is 0. The Balaban J connectivity index is 2.21. The minimum absolute atomic E-state index is 0.227. The molecule has 0 radical (unpaired) electrons. The molecule has 2 heteroatoms. The average molecular weight is 172 g/mol. The topological polar surface area (TPSA) is 29.5 Å². The Bertz CT molecular complexity index is 102. The number of rotatable bonds is 0. The van der Waals surface area contributed by atoms with Crippen LogP contribution < -0.4 is 0 Å². The van der Waals surface area contributed by atoms with Crippen LogP contribution in [0.5, 0.6) is 0 Å². The second-order valence-corrected chi connectivity index (χ2v) is 3.93. The molecule has 1 fully saturated rings. The van der Waals surface area contributed by atoms with E-state index in [1.165, 1.54) is 19.3 Å². The number of aliphatic hydroxyl groups is 1. The quantitative estimate of drug-likeness (QED) is 0.605. The monoisotopic (exact) mass is 172 g/mol. The van der Waals surface area contributed by atoms with Gasteiger partial charge in [-0.2, -0.15) is 0 Å². The molecule has 1 aliphatic heterocycles. The predicted molar refractivity (Wildman–Crippen MR) is 49.1 cm³/mol. The van der Waals surface area contributed by atoms with Crippen LogP contribution in [0.4, 0.5) is 0 Å². The summed E-state index contributed by atoms with van der Waals surface area (Å²) in [6.07, 6.45) is 5.66. The molecule has 12 heavy (non-hydrogen) atoms. The Morgan fingerprint density at radius 1 is 1.08 bits per heavy atom. The van der Waals surface area contributed by atoms with Crippen molar-refractivity contribution in [3.63, 3.8) is 0 Å². The van der Waals surface area contributed by atoms with Gasteiger partial charge in [0.05, 0.1) is 12.7 Å². The van der Waals surface area contributed by atoms with Gasteiger partial charge in [-0.15, -0.1) is 0 Å². The maximum Gasteiger partial charge on any atom is 0.0773 e. The van der Waals surface area contributed by atoms with Crippen LogP contribution >= 0.6 is 0 Å². The van der Waals surface area contributed by atoms with Crippen LogP contribution in [0.3, 0.4) is 0 Å². The van der Waals surface area contributed by atoms with Gasteiger partial charge in [0.2, 0.25) is 0 Å². The zero-order chi connectivity index (χ0) is 8.81. The highest BCUT2D eigenvalue weighted by molar-refractivity contribution is 4.60. The molecular formula is C10H20O2. The molecule has 72 valence electrons. The van der Waals surface area contributed by atoms with E-state index in [0.717, 1.165) is 19.4 Å². The molecule has 0 saturated carbocycles. The maximum atomic E-state index is 9.39. The average Bonchev–Trinajstić information content (AvgIpc) is 2.04. The van der Waals surface area contributed by atoms with Crippen LogP contribution in [0.1, 0.15) is 39.0 Å². The first kappa shape index (κ1) is 10.0. The van der Waals surface area contributed by atoms with Gasteiger partial charge in [-0.05, 0) is 18.8 Å². The molecule has 1 aliphatic rings. The third kappa shape index (κ3) is 4.07. The first-order chi connectivity index (χ1) is 5.79. The molecular weight excluding hydrogens is 152 g/mol. The van der Waals surface area contributed by atoms with E-state index in [1.54, 1.807) is 0 Å². The number of aliphatic hydroxyl groups excluding tert-OH is 1. The van der Waals surface area contributed by atoms with Crippen LogP contribution in [-0.2, 0) is 4.74 Å². The van der Waals surface area contributed by atoms with Gasteiger partial charge in [0.15, 0.2) is 0 Å². The highest BCUT2D eigenvalue weighted by Gasteiger charge is 2.09. The lowest BCUT2D eigenvalue weighted by Gasteiger charge is -2.17. The smallest absolute Gasteiger partial charge is 0.0773 e. The van der Waals surface area contributed by atoms with E-state index in [-0.39, 0.29) is 6.10 Å². The van der Waals surface area contributed by atoms with Crippen molar-refractivity contribution in [2.75, 3.05) is 13.2 Å². The third-order valence-electron chi connectivity index (χ3n) is 2.45. The Labute approximate surface area is 74.9 Å². The SMILES string of the molecule is CC1CCCCCC(O)COC1. The van der Waals surface area contributed by atoms with Crippen molar-refractivity contribution < 1.29 is 9.84 Å². The van der Waals surface area contributed by atoms with Crippen molar-refractivity contribution in [2.45, 2.75) is 45.1 Å². The molecule has 0 bridgehead atoms. The Morgan fingerprint density at radius 3 is 2.67 bits per heavy atom. The summed E-state index contributed by atoms with van der Waals surface area (Å²) in [7, 11) is 0. The summed E-state index contributed by atoms with van der Waals surface area (Å²) in [5, 5.41) is 9.39. The van der Waals surface area contributed by atoms with E-state index in [4.69, 9.17) is 4.74 Å². The molecule has 1 N–H and O–H groups in total. The normalized spacial score (nSPS) is 34.5. The van der Waals surface area contributed by atoms with Crippen LogP contribution in [0.15, 0.2) is 0 Å². The first-order valence-corrected chi connectivity index (χ1v) is 5.05. The van der Waals surface area contributed by atoms with Gasteiger partial charge in [-0.25, -0.2) is 0 Å². The molecule has 0 aromatic carbocycles. The molecule has 0 aromatic heterocycles. The summed E-state index contributed by atoms with van der Waals surface area (Å²) in [6.45, 7) is 3.56. The molecule has 1 heterocycles. The maximum absolute atomic E-state index is 9.39. The van der Waals surface area contributed by atoms with E-state index in [0.29, 0.717) is 12.5 Å². The lowest BCUT2D eigenvalue weighted by molar-refractivity contribution is 0.0141. The molecule has 0 amide bonds. The van der Waals surface area contributed by atoms with Crippen LogP contribution in [0.25, 0.3) is 0 Å². The van der Waals surface area contributed by atoms with Gasteiger partial charge in [-0.1, -0.05) is 26.2 Å². The summed E-state index contributed by atoms with van der Waals surface area (Å²) in [6, 6.07) is 0. The van der Waals surface area contributed by atoms with Gasteiger partial charge in [0.25, 0.3) is 0 Å². The Hall–Kier alpha value is -0.0800. The Kier molecular flexibility index (Phi) is 4.62. The van der Waals surface area contributed by atoms with E-state index < -0.39 is 0 Å². The molecule has 2 unspecified atom stereocenters. The number of ether oxygens (including phenoxy) is 1. The van der Waals surface area contributed by atoms with Crippen LogP contribution in [0, 0.1) is 5.92 Å². The van der Waals surface area contributed by atoms with Crippen molar-refractivity contribution in [1.29, 1.82) is 0 Å². The van der Waals surface area contributed by atoms with Crippen LogP contribution in [0.2, 0.25) is 0 Å². The number of hydrogen-bond acceptors (Lipinski definition) is 2. The minimum atomic E-state index is -0.227. The lowest BCUT2D eigenvalue weighted by Crippen LogP contribution is -2.19. The van der Waals surface area contributed by atoms with Gasteiger partial charge < -0.3 is 9.84 Å². The second-order valence-electron chi connectivity index (χ2n) is 3.93. The molecule has 2 atom stereocenters. The fraction of sp³-hybridized carbons (Fsp3) is 1.00. The van der Waals surface area contributed by atoms with Gasteiger partial charge in [0.1, 0.15) is 0 Å². The molecule has 1 rings (SSSR count). The largest absolute Gasteiger partial charge is 0.391 e. The molecule has 0 aliphatic carbocycles. The summed E-state index contributed by atoms with van der Waals surface area (Å²) >= 11 is 0. The molecule has 1 saturated heterocycles. The van der Waals surface area contributed by atoms with Gasteiger partial charge in [0, 0.05) is 6.61 Å².